The van der Waals surface area contributed by atoms with Crippen LogP contribution in [0.25, 0.3) is 99.2 Å². The van der Waals surface area contributed by atoms with E-state index < -0.39 is 5.41 Å². The molecule has 0 bridgehead atoms. The molecule has 16 rings (SSSR count). The maximum absolute atomic E-state index is 4.07. The molecule has 4 aliphatic rings. The Labute approximate surface area is 369 Å². The molecule has 4 aliphatic carbocycles. The van der Waals surface area contributed by atoms with E-state index in [0.29, 0.717) is 0 Å². The van der Waals surface area contributed by atoms with Gasteiger partial charge in [0.1, 0.15) is 0 Å². The van der Waals surface area contributed by atoms with Crippen LogP contribution in [-0.4, -0.2) is 9.97 Å². The number of aromatic nitrogens is 2. The van der Waals surface area contributed by atoms with Crippen LogP contribution in [0.5, 0.6) is 0 Å². The van der Waals surface area contributed by atoms with Crippen molar-refractivity contribution in [3.63, 3.8) is 0 Å². The van der Waals surface area contributed by atoms with E-state index in [-0.39, 0.29) is 5.41 Å². The van der Waals surface area contributed by atoms with Crippen molar-refractivity contribution in [1.29, 1.82) is 0 Å². The van der Waals surface area contributed by atoms with Crippen LogP contribution in [0, 0.1) is 0 Å². The molecule has 0 aliphatic heterocycles. The van der Waals surface area contributed by atoms with E-state index in [2.05, 4.69) is 216 Å². The molecule has 2 heteroatoms. The van der Waals surface area contributed by atoms with Gasteiger partial charge in [-0.15, -0.1) is 0 Å². The van der Waals surface area contributed by atoms with Gasteiger partial charge in [0.05, 0.1) is 21.9 Å². The third-order valence-electron chi connectivity index (χ3n) is 15.8. The summed E-state index contributed by atoms with van der Waals surface area (Å²) in [5, 5.41) is 5.05. The second kappa shape index (κ2) is 11.4. The van der Waals surface area contributed by atoms with Gasteiger partial charge in [0, 0.05) is 43.7 Å². The SMILES string of the molecule is c1ccc2c(c1)-c1ccccc1C21c2ccccc2-c2c1ccc1c2[nH]c2cc(-c3cccc4c3-c3ccccc3C43c4ccccc4-c4c3ccc3c4[nH]c4ccccc43)ccc21. The van der Waals surface area contributed by atoms with Crippen molar-refractivity contribution in [2.45, 2.75) is 10.8 Å². The highest BCUT2D eigenvalue weighted by molar-refractivity contribution is 6.17. The van der Waals surface area contributed by atoms with Gasteiger partial charge in [0.25, 0.3) is 0 Å². The molecular formula is C62H36N2. The summed E-state index contributed by atoms with van der Waals surface area (Å²) in [7, 11) is 0. The van der Waals surface area contributed by atoms with Crippen molar-refractivity contribution in [3.05, 3.63) is 251 Å². The van der Waals surface area contributed by atoms with E-state index in [0.717, 1.165) is 5.52 Å². The maximum Gasteiger partial charge on any atom is 0.0726 e. The van der Waals surface area contributed by atoms with Crippen molar-refractivity contribution in [3.8, 4) is 55.6 Å². The molecule has 2 nitrogen and oxygen atoms in total. The van der Waals surface area contributed by atoms with Gasteiger partial charge in [0.15, 0.2) is 0 Å². The van der Waals surface area contributed by atoms with E-state index in [1.165, 1.54) is 138 Å². The average molecular weight is 809 g/mol. The quantitative estimate of drug-likeness (QED) is 0.166. The van der Waals surface area contributed by atoms with E-state index in [1.807, 2.05) is 0 Å². The lowest BCUT2D eigenvalue weighted by atomic mass is 9.70. The highest BCUT2D eigenvalue weighted by Gasteiger charge is 2.54. The van der Waals surface area contributed by atoms with E-state index in [1.54, 1.807) is 0 Å². The third kappa shape index (κ3) is 3.65. The number of aromatic amines is 2. The fourth-order valence-corrected chi connectivity index (χ4v) is 13.6. The number of hydrogen-bond acceptors (Lipinski definition) is 0. The second-order valence-electron chi connectivity index (χ2n) is 18.3. The summed E-state index contributed by atoms with van der Waals surface area (Å²) >= 11 is 0. The number of rotatable bonds is 1. The Balaban J connectivity index is 0.931. The third-order valence-corrected chi connectivity index (χ3v) is 15.8. The van der Waals surface area contributed by atoms with Crippen LogP contribution in [0.3, 0.4) is 0 Å². The Kier molecular flexibility index (Phi) is 5.97. The Morgan fingerprint density at radius 3 is 1.23 bits per heavy atom. The lowest BCUT2D eigenvalue weighted by molar-refractivity contribution is 0.794. The predicted octanol–water partition coefficient (Wildman–Crippen LogP) is 15.3. The van der Waals surface area contributed by atoms with Gasteiger partial charge in [-0.05, 0) is 101 Å². The maximum atomic E-state index is 4.07. The number of para-hydroxylation sites is 1. The Hall–Kier alpha value is -8.20. The first-order valence-corrected chi connectivity index (χ1v) is 22.5. The molecule has 0 fully saturated rings. The first-order chi connectivity index (χ1) is 31.8. The topological polar surface area (TPSA) is 31.6 Å². The van der Waals surface area contributed by atoms with Crippen molar-refractivity contribution in [2.75, 3.05) is 0 Å². The van der Waals surface area contributed by atoms with Crippen molar-refractivity contribution in [1.82, 2.24) is 9.97 Å². The highest BCUT2D eigenvalue weighted by atomic mass is 14.7. The first kappa shape index (κ1) is 33.4. The van der Waals surface area contributed by atoms with Crippen molar-refractivity contribution >= 4 is 43.6 Å². The van der Waals surface area contributed by atoms with Crippen LogP contribution in [0.2, 0.25) is 0 Å². The number of benzene rings is 10. The van der Waals surface area contributed by atoms with Gasteiger partial charge in [-0.1, -0.05) is 194 Å². The van der Waals surface area contributed by atoms with Gasteiger partial charge in [-0.3, -0.25) is 0 Å². The molecule has 294 valence electrons. The first-order valence-electron chi connectivity index (χ1n) is 22.5. The van der Waals surface area contributed by atoms with Crippen molar-refractivity contribution in [2.24, 2.45) is 0 Å². The van der Waals surface area contributed by atoms with E-state index in [4.69, 9.17) is 0 Å². The molecule has 2 heterocycles. The fraction of sp³-hybridized carbons (Fsp3) is 0.0323. The molecular weight excluding hydrogens is 773 g/mol. The summed E-state index contributed by atoms with van der Waals surface area (Å²) in [6.45, 7) is 0. The zero-order valence-electron chi connectivity index (χ0n) is 34.6. The summed E-state index contributed by atoms with van der Waals surface area (Å²) in [6, 6.07) is 78.0. The zero-order chi connectivity index (χ0) is 41.5. The number of H-pyrrole nitrogens is 2. The smallest absolute Gasteiger partial charge is 0.0726 e. The number of nitrogens with one attached hydrogen (secondary N) is 2. The van der Waals surface area contributed by atoms with Crippen LogP contribution in [0.4, 0.5) is 0 Å². The highest BCUT2D eigenvalue weighted by Crippen LogP contribution is 2.66. The average Bonchev–Trinajstić information content (AvgIpc) is 4.18. The van der Waals surface area contributed by atoms with Crippen LogP contribution >= 0.6 is 0 Å². The van der Waals surface area contributed by atoms with Gasteiger partial charge in [0.2, 0.25) is 0 Å². The molecule has 0 saturated heterocycles. The van der Waals surface area contributed by atoms with Gasteiger partial charge in [-0.2, -0.15) is 0 Å². The van der Waals surface area contributed by atoms with E-state index >= 15 is 0 Å². The summed E-state index contributed by atoms with van der Waals surface area (Å²) in [5.41, 5.74) is 27.8. The predicted molar refractivity (Wildman–Crippen MR) is 263 cm³/mol. The van der Waals surface area contributed by atoms with Crippen LogP contribution in [0.15, 0.2) is 206 Å². The molecule has 1 unspecified atom stereocenters. The van der Waals surface area contributed by atoms with Crippen LogP contribution in [-0.2, 0) is 10.8 Å². The van der Waals surface area contributed by atoms with Gasteiger partial charge in [-0.25, -0.2) is 0 Å². The monoisotopic (exact) mass is 808 g/mol. The largest absolute Gasteiger partial charge is 0.354 e. The Morgan fingerprint density at radius 2 is 0.641 bits per heavy atom. The molecule has 0 amide bonds. The number of fused-ring (bicyclic) bond motifs is 28. The Morgan fingerprint density at radius 1 is 0.250 bits per heavy atom. The molecule has 0 radical (unpaired) electrons. The van der Waals surface area contributed by atoms with E-state index in [9.17, 15) is 0 Å². The zero-order valence-corrected chi connectivity index (χ0v) is 34.6. The molecule has 2 spiro atoms. The molecule has 10 aromatic carbocycles. The lowest BCUT2D eigenvalue weighted by Gasteiger charge is -2.30. The summed E-state index contributed by atoms with van der Waals surface area (Å²) < 4.78 is 0. The number of hydrogen-bond donors (Lipinski definition) is 2. The summed E-state index contributed by atoms with van der Waals surface area (Å²) in [6.07, 6.45) is 0. The molecule has 12 aromatic rings. The minimum Gasteiger partial charge on any atom is -0.354 e. The van der Waals surface area contributed by atoms with Gasteiger partial charge >= 0.3 is 0 Å². The molecule has 2 N–H and O–H groups in total. The fourth-order valence-electron chi connectivity index (χ4n) is 13.6. The molecule has 1 atom stereocenters. The Bertz CT molecular complexity index is 4050. The lowest BCUT2D eigenvalue weighted by Crippen LogP contribution is -2.25. The van der Waals surface area contributed by atoms with Crippen LogP contribution in [0.1, 0.15) is 44.5 Å². The second-order valence-corrected chi connectivity index (χ2v) is 18.3. The normalized spacial score (nSPS) is 16.3. The standard InChI is InChI=1S/C62H36N2/c1-7-21-46-37(14-1)38-15-2-8-22-47(38)61(46)49-24-10-4-18-44(49)57-52(61)32-31-42-40-29-28-35(34-55(40)64-60(42)57)36-20-13-26-51-56(36)43-17-3-9-23-48(43)62(51)50-25-11-5-19-45(50)58-53(62)33-30-41-39-16-6-12-27-54(39)63-59(41)58/h1-34,63-64H. The van der Waals surface area contributed by atoms with Crippen molar-refractivity contribution < 1.29 is 0 Å². The summed E-state index contributed by atoms with van der Waals surface area (Å²) in [5.74, 6) is 0. The molecule has 64 heavy (non-hydrogen) atoms. The minimum atomic E-state index is -0.452. The summed E-state index contributed by atoms with van der Waals surface area (Å²) in [4.78, 5) is 7.95. The molecule has 0 saturated carbocycles. The van der Waals surface area contributed by atoms with Crippen LogP contribution < -0.4 is 0 Å². The van der Waals surface area contributed by atoms with Gasteiger partial charge < -0.3 is 9.97 Å². The molecule has 2 aromatic heterocycles. The minimum absolute atomic E-state index is 0.374.